The monoisotopic (exact) mass is 276 g/mol. The van der Waals surface area contributed by atoms with Gasteiger partial charge in [0.05, 0.1) is 24.6 Å². The topological polar surface area (TPSA) is 50.0 Å². The molecule has 4 nitrogen and oxygen atoms in total. The highest BCUT2D eigenvalue weighted by Gasteiger charge is 2.06. The third-order valence-corrected chi connectivity index (χ3v) is 3.14. The second-order valence-corrected chi connectivity index (χ2v) is 4.90. The maximum Gasteiger partial charge on any atom is 0.137 e. The second-order valence-electron chi connectivity index (χ2n) is 4.90. The SMILES string of the molecule is CCCCOc1c[nH]c(-c2cc(OCCCC)c[nH]2)c1. The predicted molar refractivity (Wildman–Crippen MR) is 81.4 cm³/mol. The fraction of sp³-hybridized carbons (Fsp3) is 0.500. The van der Waals surface area contributed by atoms with Gasteiger partial charge < -0.3 is 19.4 Å². The maximum atomic E-state index is 5.66. The van der Waals surface area contributed by atoms with Gasteiger partial charge in [0.15, 0.2) is 0 Å². The Hall–Kier alpha value is -1.84. The molecule has 2 aromatic heterocycles. The first kappa shape index (κ1) is 14.6. The van der Waals surface area contributed by atoms with E-state index in [1.807, 2.05) is 24.5 Å². The van der Waals surface area contributed by atoms with E-state index in [1.165, 1.54) is 0 Å². The Labute approximate surface area is 120 Å². The standard InChI is InChI=1S/C16H24N2O2/c1-3-5-7-19-13-9-15(17-11-13)16-10-14(12-18-16)20-8-6-4-2/h9-12,17-18H,3-8H2,1-2H3. The summed E-state index contributed by atoms with van der Waals surface area (Å²) in [5, 5.41) is 0. The molecule has 0 unspecified atom stereocenters. The van der Waals surface area contributed by atoms with E-state index >= 15 is 0 Å². The Kier molecular flexibility index (Phi) is 5.59. The molecule has 2 aromatic rings. The van der Waals surface area contributed by atoms with Gasteiger partial charge in [-0.15, -0.1) is 0 Å². The molecule has 4 heteroatoms. The highest BCUT2D eigenvalue weighted by molar-refractivity contribution is 5.59. The van der Waals surface area contributed by atoms with Gasteiger partial charge in [0.2, 0.25) is 0 Å². The molecule has 0 radical (unpaired) electrons. The van der Waals surface area contributed by atoms with Crippen LogP contribution in [-0.2, 0) is 0 Å². The first-order chi connectivity index (χ1) is 9.83. The molecule has 0 amide bonds. The van der Waals surface area contributed by atoms with E-state index in [0.717, 1.165) is 61.8 Å². The van der Waals surface area contributed by atoms with Crippen molar-refractivity contribution >= 4 is 0 Å². The van der Waals surface area contributed by atoms with Crippen molar-refractivity contribution in [2.24, 2.45) is 0 Å². The highest BCUT2D eigenvalue weighted by atomic mass is 16.5. The summed E-state index contributed by atoms with van der Waals surface area (Å²) in [7, 11) is 0. The lowest BCUT2D eigenvalue weighted by molar-refractivity contribution is 0.309. The Balaban J connectivity index is 1.90. The number of H-pyrrole nitrogens is 2. The summed E-state index contributed by atoms with van der Waals surface area (Å²) in [4.78, 5) is 6.44. The van der Waals surface area contributed by atoms with Crippen LogP contribution in [0.15, 0.2) is 24.5 Å². The summed E-state index contributed by atoms with van der Waals surface area (Å²) in [6, 6.07) is 4.02. The first-order valence-electron chi connectivity index (χ1n) is 7.46. The molecule has 0 saturated carbocycles. The fourth-order valence-corrected chi connectivity index (χ4v) is 1.90. The number of ether oxygens (including phenoxy) is 2. The van der Waals surface area contributed by atoms with E-state index < -0.39 is 0 Å². The van der Waals surface area contributed by atoms with Gasteiger partial charge in [-0.25, -0.2) is 0 Å². The van der Waals surface area contributed by atoms with E-state index in [9.17, 15) is 0 Å². The molecule has 2 heterocycles. The lowest BCUT2D eigenvalue weighted by Crippen LogP contribution is -1.94. The van der Waals surface area contributed by atoms with E-state index in [-0.39, 0.29) is 0 Å². The number of aromatic nitrogens is 2. The van der Waals surface area contributed by atoms with Crippen molar-refractivity contribution in [2.45, 2.75) is 39.5 Å². The fourth-order valence-electron chi connectivity index (χ4n) is 1.90. The van der Waals surface area contributed by atoms with Crippen LogP contribution in [0.1, 0.15) is 39.5 Å². The van der Waals surface area contributed by atoms with Gasteiger partial charge in [-0.2, -0.15) is 0 Å². The molecule has 2 N–H and O–H groups in total. The molecule has 0 aliphatic carbocycles. The maximum absolute atomic E-state index is 5.66. The van der Waals surface area contributed by atoms with Crippen molar-refractivity contribution in [3.05, 3.63) is 24.5 Å². The summed E-state index contributed by atoms with van der Waals surface area (Å²) in [5.74, 6) is 1.77. The van der Waals surface area contributed by atoms with Crippen LogP contribution >= 0.6 is 0 Å². The van der Waals surface area contributed by atoms with Crippen LogP contribution in [-0.4, -0.2) is 23.2 Å². The summed E-state index contributed by atoms with van der Waals surface area (Å²) in [5.41, 5.74) is 2.03. The number of hydrogen-bond acceptors (Lipinski definition) is 2. The number of nitrogens with one attached hydrogen (secondary N) is 2. The predicted octanol–water partition coefficient (Wildman–Crippen LogP) is 4.37. The van der Waals surface area contributed by atoms with E-state index in [1.54, 1.807) is 0 Å². The summed E-state index contributed by atoms with van der Waals surface area (Å²) < 4.78 is 11.3. The molecule has 0 spiro atoms. The molecule has 2 rings (SSSR count). The molecular weight excluding hydrogens is 252 g/mol. The zero-order valence-corrected chi connectivity index (χ0v) is 12.4. The number of hydrogen-bond donors (Lipinski definition) is 2. The van der Waals surface area contributed by atoms with Crippen molar-refractivity contribution in [1.82, 2.24) is 9.97 Å². The summed E-state index contributed by atoms with van der Waals surface area (Å²) in [6.45, 7) is 5.85. The third-order valence-electron chi connectivity index (χ3n) is 3.14. The van der Waals surface area contributed by atoms with Crippen LogP contribution in [0.4, 0.5) is 0 Å². The van der Waals surface area contributed by atoms with Gasteiger partial charge in [-0.3, -0.25) is 0 Å². The van der Waals surface area contributed by atoms with E-state index in [2.05, 4.69) is 23.8 Å². The molecule has 0 fully saturated rings. The lowest BCUT2D eigenvalue weighted by atomic mass is 10.3. The van der Waals surface area contributed by atoms with Crippen LogP contribution in [0.3, 0.4) is 0 Å². The van der Waals surface area contributed by atoms with Crippen molar-refractivity contribution in [2.75, 3.05) is 13.2 Å². The molecule has 0 atom stereocenters. The third kappa shape index (κ3) is 4.08. The van der Waals surface area contributed by atoms with E-state index in [4.69, 9.17) is 9.47 Å². The molecule has 0 bridgehead atoms. The zero-order valence-electron chi connectivity index (χ0n) is 12.4. The van der Waals surface area contributed by atoms with Crippen molar-refractivity contribution in [3.63, 3.8) is 0 Å². The van der Waals surface area contributed by atoms with Crippen molar-refractivity contribution in [3.8, 4) is 22.9 Å². The van der Waals surface area contributed by atoms with Crippen LogP contribution in [0, 0.1) is 0 Å². The van der Waals surface area contributed by atoms with Crippen molar-refractivity contribution in [1.29, 1.82) is 0 Å². The lowest BCUT2D eigenvalue weighted by Gasteiger charge is -2.00. The molecule has 0 aliphatic heterocycles. The Morgan fingerprint density at radius 2 is 1.25 bits per heavy atom. The van der Waals surface area contributed by atoms with Gasteiger partial charge in [0.25, 0.3) is 0 Å². The Morgan fingerprint density at radius 3 is 1.65 bits per heavy atom. The van der Waals surface area contributed by atoms with Crippen LogP contribution in [0.25, 0.3) is 11.4 Å². The minimum Gasteiger partial charge on any atom is -0.492 e. The molecule has 0 saturated heterocycles. The largest absolute Gasteiger partial charge is 0.492 e. The average molecular weight is 276 g/mol. The average Bonchev–Trinajstić information content (AvgIpc) is 3.08. The Bertz CT molecular complexity index is 456. The van der Waals surface area contributed by atoms with E-state index in [0.29, 0.717) is 0 Å². The van der Waals surface area contributed by atoms with Crippen LogP contribution < -0.4 is 9.47 Å². The normalized spacial score (nSPS) is 10.7. The molecule has 0 aromatic carbocycles. The number of aromatic amines is 2. The van der Waals surface area contributed by atoms with Gasteiger partial charge in [-0.05, 0) is 12.8 Å². The van der Waals surface area contributed by atoms with Gasteiger partial charge in [-0.1, -0.05) is 26.7 Å². The summed E-state index contributed by atoms with van der Waals surface area (Å²) >= 11 is 0. The summed E-state index contributed by atoms with van der Waals surface area (Å²) in [6.07, 6.45) is 8.24. The molecule has 0 aliphatic rings. The van der Waals surface area contributed by atoms with Crippen molar-refractivity contribution < 1.29 is 9.47 Å². The molecule has 110 valence electrons. The first-order valence-corrected chi connectivity index (χ1v) is 7.46. The number of rotatable bonds is 9. The van der Waals surface area contributed by atoms with Gasteiger partial charge in [0.1, 0.15) is 11.5 Å². The molecule has 20 heavy (non-hydrogen) atoms. The smallest absolute Gasteiger partial charge is 0.137 e. The van der Waals surface area contributed by atoms with Crippen LogP contribution in [0.2, 0.25) is 0 Å². The highest BCUT2D eigenvalue weighted by Crippen LogP contribution is 2.25. The van der Waals surface area contributed by atoms with Gasteiger partial charge >= 0.3 is 0 Å². The second kappa shape index (κ2) is 7.68. The zero-order chi connectivity index (χ0) is 14.2. The Morgan fingerprint density at radius 1 is 0.800 bits per heavy atom. The minimum absolute atomic E-state index is 0.768. The molecular formula is C16H24N2O2. The quantitative estimate of drug-likeness (QED) is 0.668. The minimum atomic E-state index is 0.768. The number of unbranched alkanes of at least 4 members (excludes halogenated alkanes) is 2. The van der Waals surface area contributed by atoms with Gasteiger partial charge in [0, 0.05) is 24.5 Å². The van der Waals surface area contributed by atoms with Crippen LogP contribution in [0.5, 0.6) is 11.5 Å².